The fourth-order valence-electron chi connectivity index (χ4n) is 1.75. The highest BCUT2D eigenvalue weighted by Gasteiger charge is 2.21. The van der Waals surface area contributed by atoms with Crippen molar-refractivity contribution in [2.75, 3.05) is 30.7 Å². The van der Waals surface area contributed by atoms with Crippen molar-refractivity contribution >= 4 is 22.6 Å². The molecule has 0 N–H and O–H groups in total. The summed E-state index contributed by atoms with van der Waals surface area (Å²) in [7, 11) is 0. The molecule has 2 nitrogen and oxygen atoms in total. The molecule has 0 spiro atoms. The predicted octanol–water partition coefficient (Wildman–Crippen LogP) is 3.46. The van der Waals surface area contributed by atoms with Gasteiger partial charge in [0.1, 0.15) is 6.61 Å². The average Bonchev–Trinajstić information content (AvgIpc) is 2.30. The van der Waals surface area contributed by atoms with Gasteiger partial charge in [-0.25, -0.2) is 0 Å². The van der Waals surface area contributed by atoms with Gasteiger partial charge in [0.25, 0.3) is 0 Å². The molecule has 0 aromatic rings. The first-order valence-corrected chi connectivity index (χ1v) is 7.69. The normalized spacial score (nSPS) is 18.4. The number of alkyl halides is 1. The van der Waals surface area contributed by atoms with Crippen LogP contribution >= 0.6 is 22.6 Å². The Balaban J connectivity index is 2.17. The van der Waals surface area contributed by atoms with E-state index < -0.39 is 0 Å². The number of nitrogens with zero attached hydrogens (tertiary/aromatic N) is 1. The summed E-state index contributed by atoms with van der Waals surface area (Å²) < 4.78 is 6.81. The summed E-state index contributed by atoms with van der Waals surface area (Å²) >= 11 is 2.39. The van der Waals surface area contributed by atoms with Gasteiger partial charge in [-0.2, -0.15) is 0 Å². The van der Waals surface area contributed by atoms with E-state index in [9.17, 15) is 0 Å². The van der Waals surface area contributed by atoms with Crippen molar-refractivity contribution in [2.45, 2.75) is 33.1 Å². The van der Waals surface area contributed by atoms with Gasteiger partial charge in [-0.05, 0) is 25.9 Å². The molecular weight excluding hydrogens is 313 g/mol. The minimum atomic E-state index is 0.0997. The molecule has 16 heavy (non-hydrogen) atoms. The van der Waals surface area contributed by atoms with Crippen LogP contribution in [0.2, 0.25) is 0 Å². The Morgan fingerprint density at radius 1 is 1.31 bits per heavy atom. The molecule has 0 radical (unpaired) electrons. The maximum Gasteiger partial charge on any atom is 0.100 e. The number of hydrogen-bond donors (Lipinski definition) is 0. The van der Waals surface area contributed by atoms with E-state index in [1.807, 2.05) is 0 Å². The van der Waals surface area contributed by atoms with Crippen LogP contribution in [0.1, 0.15) is 33.1 Å². The fraction of sp³-hybridized carbons (Fsp3) is 0.846. The maximum atomic E-state index is 5.76. The highest BCUT2D eigenvalue weighted by Crippen LogP contribution is 2.27. The number of allylic oxidation sites excluding steroid dienone is 1. The molecule has 0 amide bonds. The number of rotatable bonds is 6. The van der Waals surface area contributed by atoms with Crippen LogP contribution in [0.4, 0.5) is 0 Å². The maximum absolute atomic E-state index is 5.76. The SMILES string of the molecule is C=C(OCCN1CCCCC1)C(C)(C)CI. The molecule has 0 saturated carbocycles. The summed E-state index contributed by atoms with van der Waals surface area (Å²) in [6.07, 6.45) is 4.09. The van der Waals surface area contributed by atoms with Crippen molar-refractivity contribution in [2.24, 2.45) is 5.41 Å². The van der Waals surface area contributed by atoms with Gasteiger partial charge in [0.05, 0.1) is 5.76 Å². The van der Waals surface area contributed by atoms with Crippen LogP contribution in [0.5, 0.6) is 0 Å². The minimum Gasteiger partial charge on any atom is -0.497 e. The summed E-state index contributed by atoms with van der Waals surface area (Å²) in [5.74, 6) is 0.930. The smallest absolute Gasteiger partial charge is 0.100 e. The molecule has 0 aliphatic carbocycles. The summed E-state index contributed by atoms with van der Waals surface area (Å²) in [5.41, 5.74) is 0.0997. The number of hydrogen-bond acceptors (Lipinski definition) is 2. The number of piperidine rings is 1. The highest BCUT2D eigenvalue weighted by atomic mass is 127. The highest BCUT2D eigenvalue weighted by molar-refractivity contribution is 14.1. The molecular formula is C13H24INO. The zero-order chi connectivity index (χ0) is 12.0. The van der Waals surface area contributed by atoms with E-state index in [0.29, 0.717) is 0 Å². The second kappa shape index (κ2) is 6.84. The van der Waals surface area contributed by atoms with E-state index in [2.05, 4.69) is 47.9 Å². The molecule has 1 rings (SSSR count). The molecule has 0 atom stereocenters. The molecule has 1 fully saturated rings. The molecule has 0 aromatic heterocycles. The van der Waals surface area contributed by atoms with Crippen molar-refractivity contribution in [1.82, 2.24) is 4.90 Å². The lowest BCUT2D eigenvalue weighted by molar-refractivity contribution is 0.115. The Labute approximate surface area is 114 Å². The van der Waals surface area contributed by atoms with Crippen molar-refractivity contribution in [3.05, 3.63) is 12.3 Å². The third kappa shape index (κ3) is 4.62. The van der Waals surface area contributed by atoms with E-state index in [0.717, 1.165) is 23.3 Å². The molecule has 94 valence electrons. The van der Waals surface area contributed by atoms with E-state index in [1.165, 1.54) is 32.4 Å². The van der Waals surface area contributed by atoms with Crippen molar-refractivity contribution in [3.63, 3.8) is 0 Å². The van der Waals surface area contributed by atoms with Crippen molar-refractivity contribution in [3.8, 4) is 0 Å². The van der Waals surface area contributed by atoms with Crippen LogP contribution in [0.3, 0.4) is 0 Å². The monoisotopic (exact) mass is 337 g/mol. The number of likely N-dealkylation sites (tertiary alicyclic amines) is 1. The third-order valence-electron chi connectivity index (χ3n) is 3.22. The van der Waals surface area contributed by atoms with Crippen LogP contribution in [-0.4, -0.2) is 35.6 Å². The zero-order valence-corrected chi connectivity index (χ0v) is 12.8. The molecule has 3 heteroatoms. The Kier molecular flexibility index (Phi) is 6.11. The lowest BCUT2D eigenvalue weighted by Crippen LogP contribution is -2.33. The predicted molar refractivity (Wildman–Crippen MR) is 78.1 cm³/mol. The summed E-state index contributed by atoms with van der Waals surface area (Å²) in [6.45, 7) is 12.7. The van der Waals surface area contributed by atoms with Crippen LogP contribution < -0.4 is 0 Å². The fourth-order valence-corrected chi connectivity index (χ4v) is 2.18. The minimum absolute atomic E-state index is 0.0997. The Bertz CT molecular complexity index is 222. The summed E-state index contributed by atoms with van der Waals surface area (Å²) in [6, 6.07) is 0. The van der Waals surface area contributed by atoms with Crippen LogP contribution in [0.15, 0.2) is 12.3 Å². The summed E-state index contributed by atoms with van der Waals surface area (Å²) in [4.78, 5) is 2.49. The van der Waals surface area contributed by atoms with E-state index >= 15 is 0 Å². The van der Waals surface area contributed by atoms with Gasteiger partial charge in [0, 0.05) is 16.4 Å². The van der Waals surface area contributed by atoms with Gasteiger partial charge < -0.3 is 4.74 Å². The Hall–Kier alpha value is 0.230. The standard InChI is InChI=1S/C13H24INO/c1-12(13(2,3)11-14)16-10-9-15-7-5-4-6-8-15/h1,4-11H2,2-3H3. The van der Waals surface area contributed by atoms with Crippen molar-refractivity contribution < 1.29 is 4.74 Å². The lowest BCUT2D eigenvalue weighted by Gasteiger charge is -2.28. The largest absolute Gasteiger partial charge is 0.497 e. The van der Waals surface area contributed by atoms with Crippen molar-refractivity contribution in [1.29, 1.82) is 0 Å². The molecule has 1 heterocycles. The lowest BCUT2D eigenvalue weighted by atomic mass is 9.95. The topological polar surface area (TPSA) is 12.5 Å². The average molecular weight is 337 g/mol. The quantitative estimate of drug-likeness (QED) is 0.418. The van der Waals surface area contributed by atoms with Crippen LogP contribution in [0, 0.1) is 5.41 Å². The first kappa shape index (κ1) is 14.3. The van der Waals surface area contributed by atoms with Gasteiger partial charge in [-0.3, -0.25) is 4.90 Å². The molecule has 0 aromatic carbocycles. The van der Waals surface area contributed by atoms with Gasteiger partial charge in [-0.1, -0.05) is 49.4 Å². The molecule has 0 bridgehead atoms. The molecule has 1 aliphatic heterocycles. The number of ether oxygens (including phenoxy) is 1. The van der Waals surface area contributed by atoms with Crippen LogP contribution in [0.25, 0.3) is 0 Å². The van der Waals surface area contributed by atoms with Gasteiger partial charge in [0.2, 0.25) is 0 Å². The van der Waals surface area contributed by atoms with Gasteiger partial charge in [-0.15, -0.1) is 0 Å². The van der Waals surface area contributed by atoms with E-state index in [-0.39, 0.29) is 5.41 Å². The molecule has 1 aliphatic rings. The van der Waals surface area contributed by atoms with Gasteiger partial charge in [0.15, 0.2) is 0 Å². The number of halogens is 1. The Morgan fingerprint density at radius 3 is 2.50 bits per heavy atom. The second-order valence-corrected chi connectivity index (χ2v) is 5.95. The summed E-state index contributed by atoms with van der Waals surface area (Å²) in [5, 5.41) is 0. The first-order chi connectivity index (χ1) is 7.56. The third-order valence-corrected chi connectivity index (χ3v) is 5.13. The molecule has 1 saturated heterocycles. The van der Waals surface area contributed by atoms with Gasteiger partial charge >= 0.3 is 0 Å². The molecule has 0 unspecified atom stereocenters. The second-order valence-electron chi connectivity index (χ2n) is 5.19. The van der Waals surface area contributed by atoms with Crippen LogP contribution in [-0.2, 0) is 4.74 Å². The zero-order valence-electron chi connectivity index (χ0n) is 10.6. The first-order valence-electron chi connectivity index (χ1n) is 6.17. The Morgan fingerprint density at radius 2 is 1.94 bits per heavy atom. The van der Waals surface area contributed by atoms with E-state index in [1.54, 1.807) is 0 Å². The van der Waals surface area contributed by atoms with E-state index in [4.69, 9.17) is 4.74 Å².